The highest BCUT2D eigenvalue weighted by atomic mass is 17.1. The Labute approximate surface area is 158 Å². The summed E-state index contributed by atoms with van der Waals surface area (Å²) in [5.41, 5.74) is -0.116. The maximum atomic E-state index is 12.2. The minimum absolute atomic E-state index is 0.0854. The van der Waals surface area contributed by atoms with Gasteiger partial charge in [-0.05, 0) is 49.4 Å². The fourth-order valence-electron chi connectivity index (χ4n) is 4.30. The number of carbonyl (C=O) groups excluding carboxylic acids is 2. The third-order valence-electron chi connectivity index (χ3n) is 6.90. The van der Waals surface area contributed by atoms with Gasteiger partial charge in [-0.1, -0.05) is 54.4 Å². The highest BCUT2D eigenvalue weighted by molar-refractivity contribution is 5.96. The van der Waals surface area contributed by atoms with Crippen molar-refractivity contribution in [3.05, 3.63) is 0 Å². The number of cyclic esters (lactones) is 2. The highest BCUT2D eigenvalue weighted by Crippen LogP contribution is 2.39. The molecule has 4 unspecified atom stereocenters. The van der Waals surface area contributed by atoms with Gasteiger partial charge in [0.1, 0.15) is 6.10 Å². The molecule has 0 saturated carbocycles. The molecule has 152 valence electrons. The second kappa shape index (κ2) is 10.4. The van der Waals surface area contributed by atoms with Crippen LogP contribution in [0.1, 0.15) is 86.5 Å². The standard InChI is InChI=1S/C21H38O5/c1-7-15(8-2)13-17-16(19(22)25-20(17)23)12-11-14(5)18(26-24)21(6,9-3)10-4/h14-18,24H,7-13H2,1-6H3. The molecular weight excluding hydrogens is 332 g/mol. The second-order valence-electron chi connectivity index (χ2n) is 8.31. The molecule has 1 fully saturated rings. The largest absolute Gasteiger partial charge is 0.393 e. The molecule has 1 rings (SSSR count). The third-order valence-corrected chi connectivity index (χ3v) is 6.90. The summed E-state index contributed by atoms with van der Waals surface area (Å²) in [7, 11) is 0. The fraction of sp³-hybridized carbons (Fsp3) is 0.905. The smallest absolute Gasteiger partial charge is 0.317 e. The van der Waals surface area contributed by atoms with Crippen LogP contribution in [0.15, 0.2) is 0 Å². The molecule has 0 radical (unpaired) electrons. The number of carbonyl (C=O) groups is 2. The van der Waals surface area contributed by atoms with Crippen LogP contribution in [0.3, 0.4) is 0 Å². The first kappa shape index (κ1) is 23.1. The minimum Gasteiger partial charge on any atom is -0.393 e. The zero-order valence-corrected chi connectivity index (χ0v) is 17.4. The first-order valence-corrected chi connectivity index (χ1v) is 10.3. The van der Waals surface area contributed by atoms with E-state index in [2.05, 4.69) is 34.6 Å². The van der Waals surface area contributed by atoms with E-state index in [0.29, 0.717) is 18.8 Å². The molecule has 0 bridgehead atoms. The first-order valence-electron chi connectivity index (χ1n) is 10.3. The van der Waals surface area contributed by atoms with Gasteiger partial charge in [0.25, 0.3) is 0 Å². The summed E-state index contributed by atoms with van der Waals surface area (Å²) in [5, 5.41) is 9.47. The van der Waals surface area contributed by atoms with Crippen LogP contribution in [0, 0.1) is 29.1 Å². The SMILES string of the molecule is CCC(CC)CC1C(=O)OC(=O)C1CCC(C)C(OO)C(C)(CC)CC. The maximum absolute atomic E-state index is 12.2. The van der Waals surface area contributed by atoms with Crippen molar-refractivity contribution in [3.8, 4) is 0 Å². The molecule has 0 amide bonds. The Morgan fingerprint density at radius 3 is 2.08 bits per heavy atom. The Kier molecular flexibility index (Phi) is 9.25. The summed E-state index contributed by atoms with van der Waals surface area (Å²) >= 11 is 0. The predicted molar refractivity (Wildman–Crippen MR) is 101 cm³/mol. The van der Waals surface area contributed by atoms with Crippen molar-refractivity contribution in [2.75, 3.05) is 0 Å². The van der Waals surface area contributed by atoms with Gasteiger partial charge in [-0.2, -0.15) is 0 Å². The van der Waals surface area contributed by atoms with Gasteiger partial charge >= 0.3 is 11.9 Å². The maximum Gasteiger partial charge on any atom is 0.317 e. The Morgan fingerprint density at radius 2 is 1.62 bits per heavy atom. The van der Waals surface area contributed by atoms with Gasteiger partial charge in [-0.25, -0.2) is 4.89 Å². The predicted octanol–water partition coefficient (Wildman–Crippen LogP) is 5.23. The summed E-state index contributed by atoms with van der Waals surface area (Å²) in [6.07, 6.45) is 5.56. The fourth-order valence-corrected chi connectivity index (χ4v) is 4.30. The van der Waals surface area contributed by atoms with E-state index in [1.807, 2.05) is 6.92 Å². The molecule has 1 heterocycles. The minimum atomic E-state index is -0.381. The number of hydrogen-bond donors (Lipinski definition) is 1. The Morgan fingerprint density at radius 1 is 1.08 bits per heavy atom. The molecular formula is C21H38O5. The van der Waals surface area contributed by atoms with E-state index in [1.165, 1.54) is 0 Å². The van der Waals surface area contributed by atoms with Crippen molar-refractivity contribution in [3.63, 3.8) is 0 Å². The first-order chi connectivity index (χ1) is 12.3. The Hall–Kier alpha value is -0.940. The van der Waals surface area contributed by atoms with E-state index < -0.39 is 0 Å². The van der Waals surface area contributed by atoms with E-state index in [0.717, 1.165) is 32.1 Å². The van der Waals surface area contributed by atoms with Gasteiger partial charge in [0.05, 0.1) is 11.8 Å². The summed E-state index contributed by atoms with van der Waals surface area (Å²) in [4.78, 5) is 29.2. The molecule has 1 N–H and O–H groups in total. The van der Waals surface area contributed by atoms with Crippen LogP contribution in [0.4, 0.5) is 0 Å². The summed E-state index contributed by atoms with van der Waals surface area (Å²) in [5.74, 6) is -0.899. The zero-order chi connectivity index (χ0) is 19.9. The Bertz CT molecular complexity index is 453. The summed E-state index contributed by atoms with van der Waals surface area (Å²) in [6, 6.07) is 0. The lowest BCUT2D eigenvalue weighted by molar-refractivity contribution is -0.315. The van der Waals surface area contributed by atoms with Crippen LogP contribution in [0.2, 0.25) is 0 Å². The zero-order valence-electron chi connectivity index (χ0n) is 17.4. The molecule has 5 nitrogen and oxygen atoms in total. The van der Waals surface area contributed by atoms with Crippen molar-refractivity contribution in [1.29, 1.82) is 0 Å². The molecule has 26 heavy (non-hydrogen) atoms. The van der Waals surface area contributed by atoms with E-state index >= 15 is 0 Å². The second-order valence-corrected chi connectivity index (χ2v) is 8.31. The lowest BCUT2D eigenvalue weighted by Gasteiger charge is -2.37. The van der Waals surface area contributed by atoms with Crippen molar-refractivity contribution in [1.82, 2.24) is 0 Å². The number of ether oxygens (including phenoxy) is 1. The molecule has 1 aliphatic rings. The van der Waals surface area contributed by atoms with Crippen molar-refractivity contribution in [2.45, 2.75) is 92.6 Å². The van der Waals surface area contributed by atoms with Crippen LogP contribution in [0.5, 0.6) is 0 Å². The van der Waals surface area contributed by atoms with Crippen LogP contribution in [-0.4, -0.2) is 23.3 Å². The molecule has 0 aromatic rings. The van der Waals surface area contributed by atoms with Crippen LogP contribution >= 0.6 is 0 Å². The van der Waals surface area contributed by atoms with Gasteiger partial charge < -0.3 is 4.74 Å². The normalized spacial score (nSPS) is 23.4. The number of esters is 2. The van der Waals surface area contributed by atoms with Crippen molar-refractivity contribution >= 4 is 11.9 Å². The topological polar surface area (TPSA) is 72.8 Å². The summed E-state index contributed by atoms with van der Waals surface area (Å²) < 4.78 is 4.95. The molecule has 0 spiro atoms. The van der Waals surface area contributed by atoms with Crippen molar-refractivity contribution in [2.24, 2.45) is 29.1 Å². The van der Waals surface area contributed by atoms with Gasteiger partial charge in [0, 0.05) is 0 Å². The van der Waals surface area contributed by atoms with E-state index in [-0.39, 0.29) is 41.2 Å². The summed E-state index contributed by atoms with van der Waals surface area (Å²) in [6.45, 7) is 12.6. The van der Waals surface area contributed by atoms with Gasteiger partial charge in [-0.3, -0.25) is 14.8 Å². The van der Waals surface area contributed by atoms with Gasteiger partial charge in [0.2, 0.25) is 0 Å². The number of rotatable bonds is 12. The number of hydrogen-bond acceptors (Lipinski definition) is 5. The molecule has 0 aromatic heterocycles. The Balaban J connectivity index is 2.78. The van der Waals surface area contributed by atoms with E-state index in [1.54, 1.807) is 0 Å². The van der Waals surface area contributed by atoms with Crippen molar-refractivity contribution < 1.29 is 24.5 Å². The molecule has 0 aliphatic carbocycles. The van der Waals surface area contributed by atoms with Crippen LogP contribution in [-0.2, 0) is 19.2 Å². The van der Waals surface area contributed by atoms with Gasteiger partial charge in [-0.15, -0.1) is 0 Å². The molecule has 1 saturated heterocycles. The molecule has 5 heteroatoms. The average Bonchev–Trinajstić information content (AvgIpc) is 2.90. The molecule has 0 aromatic carbocycles. The molecule has 4 atom stereocenters. The third kappa shape index (κ3) is 5.29. The van der Waals surface area contributed by atoms with Crippen LogP contribution in [0.25, 0.3) is 0 Å². The monoisotopic (exact) mass is 370 g/mol. The van der Waals surface area contributed by atoms with Crippen LogP contribution < -0.4 is 0 Å². The van der Waals surface area contributed by atoms with Gasteiger partial charge in [0.15, 0.2) is 0 Å². The molecule has 1 aliphatic heterocycles. The van der Waals surface area contributed by atoms with E-state index in [9.17, 15) is 14.8 Å². The lowest BCUT2D eigenvalue weighted by Crippen LogP contribution is -2.38. The highest BCUT2D eigenvalue weighted by Gasteiger charge is 2.45. The average molecular weight is 371 g/mol. The lowest BCUT2D eigenvalue weighted by atomic mass is 9.72. The van der Waals surface area contributed by atoms with E-state index in [4.69, 9.17) is 9.62 Å². The quantitative estimate of drug-likeness (QED) is 0.220.